The van der Waals surface area contributed by atoms with Crippen molar-refractivity contribution in [3.63, 3.8) is 0 Å². The molecule has 1 aromatic carbocycles. The molecule has 1 aromatic heterocycles. The zero-order chi connectivity index (χ0) is 12.6. The molecule has 17 heavy (non-hydrogen) atoms. The molecule has 0 aliphatic carbocycles. The van der Waals surface area contributed by atoms with Crippen molar-refractivity contribution in [1.82, 2.24) is 4.98 Å². The molecule has 0 amide bonds. The average Bonchev–Trinajstić information content (AvgIpc) is 2.26. The quantitative estimate of drug-likeness (QED) is 0.619. The number of nitrogens with zero attached hydrogens (tertiary/aromatic N) is 1. The number of benzene rings is 1. The van der Waals surface area contributed by atoms with Gasteiger partial charge in [-0.3, -0.25) is 10.8 Å². The zero-order valence-corrected chi connectivity index (χ0v) is 10.2. The Morgan fingerprint density at radius 2 is 2.06 bits per heavy atom. The first kappa shape index (κ1) is 11.8. The van der Waals surface area contributed by atoms with Gasteiger partial charge in [-0.25, -0.2) is 4.39 Å². The van der Waals surface area contributed by atoms with Gasteiger partial charge >= 0.3 is 0 Å². The number of rotatable bonds is 2. The number of nitrogen functional groups attached to an aromatic ring is 1. The predicted molar refractivity (Wildman–Crippen MR) is 68.3 cm³/mol. The molecule has 2 aromatic rings. The maximum Gasteiger partial charge on any atom is 0.125 e. The van der Waals surface area contributed by atoms with E-state index in [1.54, 1.807) is 6.07 Å². The molecule has 2 rings (SSSR count). The fraction of sp³-hybridized carbons (Fsp3) is 0.308. The zero-order valence-electron chi connectivity index (χ0n) is 10.2. The molecular weight excluding hydrogens is 217 g/mol. The van der Waals surface area contributed by atoms with Crippen LogP contribution < -0.4 is 11.3 Å². The summed E-state index contributed by atoms with van der Waals surface area (Å²) < 4.78 is 13.2. The largest absolute Gasteiger partial charge is 0.323 e. The van der Waals surface area contributed by atoms with Gasteiger partial charge in [0, 0.05) is 22.7 Å². The van der Waals surface area contributed by atoms with Gasteiger partial charge in [-0.2, -0.15) is 0 Å². The number of aromatic nitrogens is 1. The van der Waals surface area contributed by atoms with Gasteiger partial charge in [0.1, 0.15) is 5.82 Å². The summed E-state index contributed by atoms with van der Waals surface area (Å²) in [5.74, 6) is 5.61. The van der Waals surface area contributed by atoms with Gasteiger partial charge in [0.05, 0.1) is 11.2 Å². The highest BCUT2D eigenvalue weighted by Gasteiger charge is 2.14. The second-order valence-electron chi connectivity index (χ2n) is 4.45. The van der Waals surface area contributed by atoms with E-state index in [1.165, 1.54) is 12.1 Å². The van der Waals surface area contributed by atoms with Gasteiger partial charge in [-0.05, 0) is 25.0 Å². The Kier molecular flexibility index (Phi) is 2.98. The average molecular weight is 233 g/mol. The lowest BCUT2D eigenvalue weighted by Crippen LogP contribution is -2.12. The van der Waals surface area contributed by atoms with Crippen molar-refractivity contribution >= 4 is 16.6 Å². The highest BCUT2D eigenvalue weighted by Crippen LogP contribution is 2.32. The Balaban J connectivity index is 2.85. The maximum atomic E-state index is 13.2. The maximum absolute atomic E-state index is 13.2. The second-order valence-corrected chi connectivity index (χ2v) is 4.45. The molecule has 0 saturated heterocycles. The smallest absolute Gasteiger partial charge is 0.125 e. The summed E-state index contributed by atoms with van der Waals surface area (Å²) in [7, 11) is 0. The lowest BCUT2D eigenvalue weighted by Gasteiger charge is -2.17. The van der Waals surface area contributed by atoms with E-state index in [-0.39, 0.29) is 5.82 Å². The number of pyridine rings is 1. The molecule has 90 valence electrons. The van der Waals surface area contributed by atoms with E-state index in [9.17, 15) is 4.39 Å². The van der Waals surface area contributed by atoms with Crippen LogP contribution in [0, 0.1) is 12.7 Å². The first-order chi connectivity index (χ1) is 8.04. The van der Waals surface area contributed by atoms with Gasteiger partial charge in [-0.1, -0.05) is 13.8 Å². The fourth-order valence-electron chi connectivity index (χ4n) is 2.24. The number of nitrogens with one attached hydrogen (secondary N) is 1. The van der Waals surface area contributed by atoms with E-state index in [2.05, 4.69) is 24.3 Å². The summed E-state index contributed by atoms with van der Waals surface area (Å²) in [5, 5.41) is 0.850. The molecular formula is C13H16FN3. The van der Waals surface area contributed by atoms with E-state index in [4.69, 9.17) is 5.84 Å². The van der Waals surface area contributed by atoms with Crippen LogP contribution in [0.5, 0.6) is 0 Å². The standard InChI is InChI=1S/C13H16FN3/c1-7(2)12-8(3)16-11-6-9(14)4-5-10(11)13(12)17-15/h4-7H,15H2,1-3H3,(H,16,17). The Morgan fingerprint density at radius 3 is 2.65 bits per heavy atom. The minimum absolute atomic E-state index is 0.287. The summed E-state index contributed by atoms with van der Waals surface area (Å²) in [4.78, 5) is 4.43. The molecule has 0 bridgehead atoms. The summed E-state index contributed by atoms with van der Waals surface area (Å²) in [6, 6.07) is 4.55. The number of anilines is 1. The van der Waals surface area contributed by atoms with Crippen molar-refractivity contribution in [3.8, 4) is 0 Å². The van der Waals surface area contributed by atoms with Crippen LogP contribution in [0.15, 0.2) is 18.2 Å². The third kappa shape index (κ3) is 1.96. The third-order valence-corrected chi connectivity index (χ3v) is 2.90. The number of hydrogen-bond acceptors (Lipinski definition) is 3. The number of hydrogen-bond donors (Lipinski definition) is 2. The summed E-state index contributed by atoms with van der Waals surface area (Å²) >= 11 is 0. The Morgan fingerprint density at radius 1 is 1.35 bits per heavy atom. The van der Waals surface area contributed by atoms with Gasteiger partial charge in [-0.15, -0.1) is 0 Å². The number of halogens is 1. The lowest BCUT2D eigenvalue weighted by molar-refractivity contribution is 0.629. The minimum Gasteiger partial charge on any atom is -0.323 e. The van der Waals surface area contributed by atoms with Crippen LogP contribution in [-0.2, 0) is 0 Å². The van der Waals surface area contributed by atoms with Crippen molar-refractivity contribution in [2.24, 2.45) is 5.84 Å². The molecule has 0 fully saturated rings. The molecule has 3 N–H and O–H groups in total. The van der Waals surface area contributed by atoms with E-state index in [0.29, 0.717) is 11.4 Å². The van der Waals surface area contributed by atoms with E-state index < -0.39 is 0 Å². The SMILES string of the molecule is Cc1nc2cc(F)ccc2c(NN)c1C(C)C. The predicted octanol–water partition coefficient (Wildman–Crippen LogP) is 3.09. The molecule has 3 nitrogen and oxygen atoms in total. The molecule has 1 heterocycles. The molecule has 0 atom stereocenters. The molecule has 0 unspecified atom stereocenters. The molecule has 0 aliphatic rings. The van der Waals surface area contributed by atoms with Gasteiger partial charge in [0.2, 0.25) is 0 Å². The lowest BCUT2D eigenvalue weighted by atomic mass is 9.97. The summed E-state index contributed by atoms with van der Waals surface area (Å²) in [6.45, 7) is 6.08. The van der Waals surface area contributed by atoms with Crippen molar-refractivity contribution in [2.75, 3.05) is 5.43 Å². The Labute approximate surface area is 99.8 Å². The number of hydrazine groups is 1. The number of nitrogens with two attached hydrogens (primary N) is 1. The highest BCUT2D eigenvalue weighted by molar-refractivity contribution is 5.93. The van der Waals surface area contributed by atoms with Gasteiger partial charge < -0.3 is 5.43 Å². The normalized spacial score (nSPS) is 11.2. The van der Waals surface area contributed by atoms with Gasteiger partial charge in [0.25, 0.3) is 0 Å². The van der Waals surface area contributed by atoms with Crippen LogP contribution in [0.4, 0.5) is 10.1 Å². The van der Waals surface area contributed by atoms with Crippen molar-refractivity contribution < 1.29 is 4.39 Å². The fourth-order valence-corrected chi connectivity index (χ4v) is 2.24. The highest BCUT2D eigenvalue weighted by atomic mass is 19.1. The van der Waals surface area contributed by atoms with E-state index in [0.717, 1.165) is 22.3 Å². The Bertz CT molecular complexity index is 564. The first-order valence-electron chi connectivity index (χ1n) is 5.61. The van der Waals surface area contributed by atoms with Crippen LogP contribution in [0.2, 0.25) is 0 Å². The summed E-state index contributed by atoms with van der Waals surface area (Å²) in [6.07, 6.45) is 0. The first-order valence-corrected chi connectivity index (χ1v) is 5.61. The number of fused-ring (bicyclic) bond motifs is 1. The van der Waals surface area contributed by atoms with Crippen molar-refractivity contribution in [3.05, 3.63) is 35.3 Å². The van der Waals surface area contributed by atoms with Crippen LogP contribution in [0.3, 0.4) is 0 Å². The molecule has 0 spiro atoms. The van der Waals surface area contributed by atoms with Crippen LogP contribution >= 0.6 is 0 Å². The van der Waals surface area contributed by atoms with Crippen LogP contribution in [0.25, 0.3) is 10.9 Å². The Hall–Kier alpha value is -1.68. The van der Waals surface area contributed by atoms with E-state index >= 15 is 0 Å². The molecule has 4 heteroatoms. The monoisotopic (exact) mass is 233 g/mol. The second kappa shape index (κ2) is 4.30. The van der Waals surface area contributed by atoms with Gasteiger partial charge in [0.15, 0.2) is 0 Å². The van der Waals surface area contributed by atoms with Crippen molar-refractivity contribution in [2.45, 2.75) is 26.7 Å². The van der Waals surface area contributed by atoms with Crippen molar-refractivity contribution in [1.29, 1.82) is 0 Å². The topological polar surface area (TPSA) is 50.9 Å². The molecule has 0 saturated carbocycles. The summed E-state index contributed by atoms with van der Waals surface area (Å²) in [5.41, 5.74) is 6.13. The molecule has 0 aliphatic heterocycles. The third-order valence-electron chi connectivity index (χ3n) is 2.90. The van der Waals surface area contributed by atoms with Crippen LogP contribution in [-0.4, -0.2) is 4.98 Å². The number of aryl methyl sites for hydroxylation is 1. The minimum atomic E-state index is -0.287. The van der Waals surface area contributed by atoms with Crippen LogP contribution in [0.1, 0.15) is 31.0 Å². The molecule has 0 radical (unpaired) electrons. The van der Waals surface area contributed by atoms with E-state index in [1.807, 2.05) is 6.92 Å².